The summed E-state index contributed by atoms with van der Waals surface area (Å²) >= 11 is 0. The highest BCUT2D eigenvalue weighted by atomic mass is 16.7. The van der Waals surface area contributed by atoms with Gasteiger partial charge >= 0.3 is 35.8 Å². The fourth-order valence-corrected chi connectivity index (χ4v) is 3.54. The minimum absolute atomic E-state index is 0.0173. The van der Waals surface area contributed by atoms with Gasteiger partial charge in [0.1, 0.15) is 6.26 Å². The molecule has 0 bridgehead atoms. The first-order chi connectivity index (χ1) is 19.3. The maximum absolute atomic E-state index is 12.9. The molecule has 41 heavy (non-hydrogen) atoms. The van der Waals surface area contributed by atoms with Gasteiger partial charge in [0.25, 0.3) is 0 Å². The average Bonchev–Trinajstić information content (AvgIpc) is 2.88. The molecule has 1 rings (SSSR count). The molecule has 13 heteroatoms. The molecule has 1 aromatic carbocycles. The molecule has 0 saturated carbocycles. The van der Waals surface area contributed by atoms with Gasteiger partial charge in [0.2, 0.25) is 6.29 Å². The molecule has 13 nitrogen and oxygen atoms in total. The molecule has 0 saturated heterocycles. The predicted octanol–water partition coefficient (Wildman–Crippen LogP) is 2.73. The quantitative estimate of drug-likeness (QED) is 0.0602. The summed E-state index contributed by atoms with van der Waals surface area (Å²) in [5, 5.41) is 0. The van der Waals surface area contributed by atoms with Gasteiger partial charge in [-0.15, -0.1) is 0 Å². The van der Waals surface area contributed by atoms with Gasteiger partial charge in [0.15, 0.2) is 11.5 Å². The van der Waals surface area contributed by atoms with Crippen LogP contribution < -0.4 is 9.47 Å². The van der Waals surface area contributed by atoms with Crippen LogP contribution in [0, 0.1) is 5.92 Å². The number of ether oxygens (including phenoxy) is 7. The third-order valence-electron chi connectivity index (χ3n) is 5.18. The largest absolute Gasteiger partial charge is 0.466 e. The van der Waals surface area contributed by atoms with Crippen LogP contribution in [-0.4, -0.2) is 62.9 Å². The van der Waals surface area contributed by atoms with Gasteiger partial charge in [0, 0.05) is 52.7 Å². The van der Waals surface area contributed by atoms with Crippen molar-refractivity contribution >= 4 is 35.8 Å². The van der Waals surface area contributed by atoms with Crippen molar-refractivity contribution < 1.29 is 61.9 Å². The van der Waals surface area contributed by atoms with Crippen molar-refractivity contribution in [2.75, 3.05) is 20.8 Å². The number of rotatable bonds is 14. The fraction of sp³-hybridized carbons (Fsp3) is 0.429. The zero-order valence-electron chi connectivity index (χ0n) is 24.0. The molecule has 0 heterocycles. The Morgan fingerprint density at radius 1 is 0.854 bits per heavy atom. The van der Waals surface area contributed by atoms with E-state index in [-0.39, 0.29) is 35.7 Å². The monoisotopic (exact) mass is 578 g/mol. The van der Waals surface area contributed by atoms with Gasteiger partial charge in [-0.25, -0.2) is 4.79 Å². The van der Waals surface area contributed by atoms with Crippen molar-refractivity contribution in [2.24, 2.45) is 5.92 Å². The Bertz CT molecular complexity index is 1200. The summed E-state index contributed by atoms with van der Waals surface area (Å²) in [7, 11) is 2.36. The van der Waals surface area contributed by atoms with E-state index in [9.17, 15) is 28.8 Å². The van der Waals surface area contributed by atoms with Crippen LogP contribution >= 0.6 is 0 Å². The minimum Gasteiger partial charge on any atom is -0.466 e. The first kappa shape index (κ1) is 34.5. The summed E-state index contributed by atoms with van der Waals surface area (Å²) in [6.07, 6.45) is 0.796. The van der Waals surface area contributed by atoms with Gasteiger partial charge in [-0.1, -0.05) is 12.1 Å². The van der Waals surface area contributed by atoms with E-state index in [1.165, 1.54) is 39.2 Å². The lowest BCUT2D eigenvalue weighted by Crippen LogP contribution is -2.30. The SMILES string of the molecule is C/C=C(/C(OC)OC(C)=O)C(CC(=O)OCCc1ccc(OC(C)=O)c(OC(C)=O)c1)/C(=C\OC(C)=O)C(=O)OC. The third-order valence-corrected chi connectivity index (χ3v) is 5.18. The molecule has 0 amide bonds. The first-order valence-corrected chi connectivity index (χ1v) is 12.3. The Hall–Kier alpha value is -4.52. The Kier molecular flexibility index (Phi) is 14.5. The summed E-state index contributed by atoms with van der Waals surface area (Å²) in [5.41, 5.74) is 0.555. The second-order valence-electron chi connectivity index (χ2n) is 8.34. The Balaban J connectivity index is 3.21. The lowest BCUT2D eigenvalue weighted by Gasteiger charge is -2.26. The van der Waals surface area contributed by atoms with Crippen LogP contribution in [0.1, 0.15) is 46.6 Å². The molecule has 0 aliphatic rings. The van der Waals surface area contributed by atoms with E-state index in [4.69, 9.17) is 33.2 Å². The summed E-state index contributed by atoms with van der Waals surface area (Å²) in [4.78, 5) is 71.4. The number of allylic oxidation sites excluding steroid dienone is 1. The number of hydrogen-bond acceptors (Lipinski definition) is 13. The lowest BCUT2D eigenvalue weighted by atomic mass is 9.87. The standard InChI is InChI=1S/C28H34O13/c1-8-21(28(36-7)41-19(5)32)22(23(27(34)35-6)15-38-16(2)29)14-26(33)37-12-11-20-9-10-24(39-17(3)30)25(13-20)40-18(4)31/h8-10,13,15,22,28H,11-12,14H2,1-7H3/b21-8+,23-15+. The Morgan fingerprint density at radius 2 is 1.49 bits per heavy atom. The maximum atomic E-state index is 12.9. The van der Waals surface area contributed by atoms with Crippen LogP contribution in [-0.2, 0) is 58.9 Å². The van der Waals surface area contributed by atoms with Gasteiger partial charge < -0.3 is 33.2 Å². The predicted molar refractivity (Wildman–Crippen MR) is 140 cm³/mol. The van der Waals surface area contributed by atoms with E-state index >= 15 is 0 Å². The second kappa shape index (κ2) is 17.2. The molecule has 224 valence electrons. The van der Waals surface area contributed by atoms with Crippen LogP contribution in [0.4, 0.5) is 0 Å². The molecule has 1 aromatic rings. The lowest BCUT2D eigenvalue weighted by molar-refractivity contribution is -0.164. The number of esters is 6. The van der Waals surface area contributed by atoms with Crippen molar-refractivity contribution in [3.63, 3.8) is 0 Å². The van der Waals surface area contributed by atoms with E-state index < -0.39 is 54.4 Å². The van der Waals surface area contributed by atoms with Crippen LogP contribution in [0.5, 0.6) is 11.5 Å². The Labute approximate surface area is 237 Å². The average molecular weight is 579 g/mol. The number of benzene rings is 1. The number of carbonyl (C=O) groups excluding carboxylic acids is 6. The van der Waals surface area contributed by atoms with E-state index in [0.29, 0.717) is 5.56 Å². The van der Waals surface area contributed by atoms with Gasteiger partial charge in [-0.3, -0.25) is 24.0 Å². The molecule has 0 spiro atoms. The number of carbonyl (C=O) groups is 6. The summed E-state index contributed by atoms with van der Waals surface area (Å²) < 4.78 is 35.7. The van der Waals surface area contributed by atoms with Crippen LogP contribution in [0.3, 0.4) is 0 Å². The van der Waals surface area contributed by atoms with Crippen molar-refractivity contribution in [1.82, 2.24) is 0 Å². The van der Waals surface area contributed by atoms with Gasteiger partial charge in [0.05, 0.1) is 25.7 Å². The van der Waals surface area contributed by atoms with Crippen molar-refractivity contribution in [1.29, 1.82) is 0 Å². The highest BCUT2D eigenvalue weighted by Crippen LogP contribution is 2.31. The molecule has 0 aromatic heterocycles. The molecule has 0 radical (unpaired) electrons. The highest BCUT2D eigenvalue weighted by Gasteiger charge is 2.34. The zero-order valence-corrected chi connectivity index (χ0v) is 24.0. The number of hydrogen-bond donors (Lipinski definition) is 0. The molecule has 0 aliphatic heterocycles. The van der Waals surface area contributed by atoms with Crippen molar-refractivity contribution in [3.8, 4) is 11.5 Å². The maximum Gasteiger partial charge on any atom is 0.337 e. The fourth-order valence-electron chi connectivity index (χ4n) is 3.54. The van der Waals surface area contributed by atoms with Crippen LogP contribution in [0.2, 0.25) is 0 Å². The topological polar surface area (TPSA) is 167 Å². The van der Waals surface area contributed by atoms with E-state index in [2.05, 4.69) is 0 Å². The summed E-state index contributed by atoms with van der Waals surface area (Å²) in [5.74, 6) is -5.39. The second-order valence-corrected chi connectivity index (χ2v) is 8.34. The van der Waals surface area contributed by atoms with Crippen molar-refractivity contribution in [3.05, 3.63) is 47.2 Å². The highest BCUT2D eigenvalue weighted by molar-refractivity contribution is 5.91. The molecule has 0 aliphatic carbocycles. The third kappa shape index (κ3) is 12.0. The summed E-state index contributed by atoms with van der Waals surface area (Å²) in [6.45, 7) is 6.12. The minimum atomic E-state index is -1.28. The van der Waals surface area contributed by atoms with Crippen molar-refractivity contribution in [2.45, 2.75) is 53.8 Å². The molecular formula is C28H34O13. The van der Waals surface area contributed by atoms with E-state index in [1.807, 2.05) is 0 Å². The molecule has 0 fully saturated rings. The summed E-state index contributed by atoms with van der Waals surface area (Å²) in [6, 6.07) is 4.50. The number of methoxy groups -OCH3 is 2. The van der Waals surface area contributed by atoms with E-state index in [1.54, 1.807) is 13.0 Å². The smallest absolute Gasteiger partial charge is 0.337 e. The zero-order chi connectivity index (χ0) is 31.1. The van der Waals surface area contributed by atoms with Crippen LogP contribution in [0.15, 0.2) is 41.7 Å². The van der Waals surface area contributed by atoms with E-state index in [0.717, 1.165) is 27.2 Å². The molecular weight excluding hydrogens is 544 g/mol. The normalized spacial score (nSPS) is 12.9. The van der Waals surface area contributed by atoms with Crippen LogP contribution in [0.25, 0.3) is 0 Å². The Morgan fingerprint density at radius 3 is 2.00 bits per heavy atom. The molecule has 0 N–H and O–H groups in total. The molecule has 2 unspecified atom stereocenters. The van der Waals surface area contributed by atoms with Gasteiger partial charge in [-0.2, -0.15) is 0 Å². The molecule has 2 atom stereocenters. The van der Waals surface area contributed by atoms with Gasteiger partial charge in [-0.05, 0) is 24.6 Å². The first-order valence-electron chi connectivity index (χ1n) is 12.3.